The van der Waals surface area contributed by atoms with E-state index >= 15 is 0 Å². The van der Waals surface area contributed by atoms with Crippen LogP contribution in [-0.2, 0) is 4.79 Å². The molecule has 108 valence electrons. The third-order valence-corrected chi connectivity index (χ3v) is 4.63. The third-order valence-electron chi connectivity index (χ3n) is 4.63. The molecule has 6 nitrogen and oxygen atoms in total. The molecule has 2 saturated heterocycles. The highest BCUT2D eigenvalue weighted by Gasteiger charge is 2.43. The number of carbonyl (C=O) groups is 2. The molecule has 0 bridgehead atoms. The SMILES string of the molecule is CC1CCN(C(=O)N2CCC(C(=O)O)C2C)C1CO. The topological polar surface area (TPSA) is 81.1 Å². The number of carboxylic acid groups (broad SMARTS) is 1. The first kappa shape index (κ1) is 14.1. The number of rotatable bonds is 2. The van der Waals surface area contributed by atoms with Gasteiger partial charge >= 0.3 is 12.0 Å². The summed E-state index contributed by atoms with van der Waals surface area (Å²) in [5.74, 6) is -1.02. The summed E-state index contributed by atoms with van der Waals surface area (Å²) in [7, 11) is 0. The highest BCUT2D eigenvalue weighted by Crippen LogP contribution is 2.30. The molecule has 0 aromatic heterocycles. The molecule has 2 aliphatic heterocycles. The molecule has 0 saturated carbocycles. The predicted molar refractivity (Wildman–Crippen MR) is 68.7 cm³/mol. The van der Waals surface area contributed by atoms with E-state index in [1.807, 2.05) is 6.92 Å². The summed E-state index contributed by atoms with van der Waals surface area (Å²) in [5, 5.41) is 18.5. The normalized spacial score (nSPS) is 34.9. The summed E-state index contributed by atoms with van der Waals surface area (Å²) in [6, 6.07) is -0.538. The summed E-state index contributed by atoms with van der Waals surface area (Å²) < 4.78 is 0. The van der Waals surface area contributed by atoms with Gasteiger partial charge in [-0.05, 0) is 25.7 Å². The quantitative estimate of drug-likeness (QED) is 0.770. The van der Waals surface area contributed by atoms with Crippen molar-refractivity contribution in [1.82, 2.24) is 9.80 Å². The van der Waals surface area contributed by atoms with Crippen molar-refractivity contribution in [2.45, 2.75) is 38.8 Å². The molecule has 0 spiro atoms. The fourth-order valence-corrected chi connectivity index (χ4v) is 3.23. The molecule has 0 radical (unpaired) electrons. The van der Waals surface area contributed by atoms with Crippen molar-refractivity contribution in [2.24, 2.45) is 11.8 Å². The van der Waals surface area contributed by atoms with Crippen molar-refractivity contribution in [2.75, 3.05) is 19.7 Å². The second-order valence-corrected chi connectivity index (χ2v) is 5.66. The highest BCUT2D eigenvalue weighted by atomic mass is 16.4. The number of hydrogen-bond donors (Lipinski definition) is 2. The Kier molecular flexibility index (Phi) is 3.99. The Morgan fingerprint density at radius 1 is 1.16 bits per heavy atom. The average molecular weight is 270 g/mol. The third kappa shape index (κ3) is 2.41. The standard InChI is InChI=1S/C13H22N2O4/c1-8-3-5-15(11(8)7-16)13(19)14-6-4-10(9(14)2)12(17)18/h8-11,16H,3-7H2,1-2H3,(H,17,18). The number of carboxylic acids is 1. The summed E-state index contributed by atoms with van der Waals surface area (Å²) >= 11 is 0. The molecule has 0 aromatic carbocycles. The van der Waals surface area contributed by atoms with Gasteiger partial charge in [-0.25, -0.2) is 4.79 Å². The molecular weight excluding hydrogens is 248 g/mol. The molecule has 2 aliphatic rings. The number of aliphatic hydroxyl groups excluding tert-OH is 1. The Hall–Kier alpha value is -1.30. The summed E-state index contributed by atoms with van der Waals surface area (Å²) in [5.41, 5.74) is 0. The number of amides is 2. The van der Waals surface area contributed by atoms with Crippen LogP contribution in [0.3, 0.4) is 0 Å². The molecule has 0 aliphatic carbocycles. The zero-order valence-corrected chi connectivity index (χ0v) is 11.5. The first-order valence-electron chi connectivity index (χ1n) is 6.88. The maximum atomic E-state index is 12.5. The fourth-order valence-electron chi connectivity index (χ4n) is 3.23. The Balaban J connectivity index is 2.07. The molecular formula is C13H22N2O4. The molecule has 4 atom stereocenters. The Morgan fingerprint density at radius 3 is 2.32 bits per heavy atom. The van der Waals surface area contributed by atoms with E-state index in [1.165, 1.54) is 0 Å². The molecule has 2 amide bonds. The van der Waals surface area contributed by atoms with Crippen LogP contribution in [0.15, 0.2) is 0 Å². The lowest BCUT2D eigenvalue weighted by Crippen LogP contribution is -2.49. The van der Waals surface area contributed by atoms with E-state index in [1.54, 1.807) is 16.7 Å². The lowest BCUT2D eigenvalue weighted by molar-refractivity contribution is -0.142. The number of nitrogens with zero attached hydrogens (tertiary/aromatic N) is 2. The van der Waals surface area contributed by atoms with E-state index < -0.39 is 11.9 Å². The van der Waals surface area contributed by atoms with E-state index in [2.05, 4.69) is 0 Å². The lowest BCUT2D eigenvalue weighted by atomic mass is 10.0. The van der Waals surface area contributed by atoms with E-state index in [0.717, 1.165) is 6.42 Å². The van der Waals surface area contributed by atoms with E-state index in [4.69, 9.17) is 5.11 Å². The minimum Gasteiger partial charge on any atom is -0.481 e. The molecule has 2 fully saturated rings. The van der Waals surface area contributed by atoms with Crippen molar-refractivity contribution >= 4 is 12.0 Å². The maximum absolute atomic E-state index is 12.5. The summed E-state index contributed by atoms with van der Waals surface area (Å²) in [6.45, 7) is 4.92. The van der Waals surface area contributed by atoms with Crippen molar-refractivity contribution in [3.63, 3.8) is 0 Å². The van der Waals surface area contributed by atoms with Gasteiger partial charge in [-0.3, -0.25) is 4.79 Å². The van der Waals surface area contributed by atoms with Crippen LogP contribution in [0.5, 0.6) is 0 Å². The largest absolute Gasteiger partial charge is 0.481 e. The monoisotopic (exact) mass is 270 g/mol. The van der Waals surface area contributed by atoms with Gasteiger partial charge in [-0.1, -0.05) is 6.92 Å². The molecule has 2 rings (SSSR count). The maximum Gasteiger partial charge on any atom is 0.320 e. The number of aliphatic carboxylic acids is 1. The van der Waals surface area contributed by atoms with Gasteiger partial charge < -0.3 is 20.0 Å². The van der Waals surface area contributed by atoms with Gasteiger partial charge in [0, 0.05) is 19.1 Å². The van der Waals surface area contributed by atoms with E-state index in [9.17, 15) is 14.7 Å². The molecule has 19 heavy (non-hydrogen) atoms. The number of hydrogen-bond acceptors (Lipinski definition) is 3. The van der Waals surface area contributed by atoms with E-state index in [0.29, 0.717) is 25.4 Å². The second-order valence-electron chi connectivity index (χ2n) is 5.66. The minimum absolute atomic E-state index is 0.0303. The van der Waals surface area contributed by atoms with E-state index in [-0.39, 0.29) is 24.7 Å². The molecule has 4 unspecified atom stereocenters. The van der Waals surface area contributed by atoms with Gasteiger partial charge in [-0.15, -0.1) is 0 Å². The Bertz CT molecular complexity index is 374. The average Bonchev–Trinajstić information content (AvgIpc) is 2.91. The van der Waals surface area contributed by atoms with Crippen LogP contribution in [0.1, 0.15) is 26.7 Å². The fraction of sp³-hybridized carbons (Fsp3) is 0.846. The Labute approximate surface area is 113 Å². The van der Waals surface area contributed by atoms with Crippen LogP contribution in [0.4, 0.5) is 4.79 Å². The van der Waals surface area contributed by atoms with Crippen molar-refractivity contribution in [1.29, 1.82) is 0 Å². The van der Waals surface area contributed by atoms with Crippen LogP contribution in [0, 0.1) is 11.8 Å². The highest BCUT2D eigenvalue weighted by molar-refractivity contribution is 5.78. The van der Waals surface area contributed by atoms with Gasteiger partial charge in [-0.2, -0.15) is 0 Å². The molecule has 0 aromatic rings. The zero-order valence-electron chi connectivity index (χ0n) is 11.5. The second kappa shape index (κ2) is 5.36. The van der Waals surface area contributed by atoms with Crippen molar-refractivity contribution < 1.29 is 19.8 Å². The van der Waals surface area contributed by atoms with Crippen LogP contribution in [-0.4, -0.2) is 63.8 Å². The van der Waals surface area contributed by atoms with Crippen LogP contribution >= 0.6 is 0 Å². The molecule has 2 N–H and O–H groups in total. The van der Waals surface area contributed by atoms with Gasteiger partial charge in [0.1, 0.15) is 0 Å². The zero-order chi connectivity index (χ0) is 14.2. The first-order valence-corrected chi connectivity index (χ1v) is 6.88. The van der Waals surface area contributed by atoms with Gasteiger partial charge in [0.2, 0.25) is 0 Å². The van der Waals surface area contributed by atoms with Crippen LogP contribution in [0.25, 0.3) is 0 Å². The number of urea groups is 1. The summed E-state index contributed by atoms with van der Waals surface area (Å²) in [6.07, 6.45) is 1.40. The van der Waals surface area contributed by atoms with Gasteiger partial charge in [0.15, 0.2) is 0 Å². The predicted octanol–water partition coefficient (Wildman–Crippen LogP) is 0.604. The lowest BCUT2D eigenvalue weighted by Gasteiger charge is -2.32. The number of carbonyl (C=O) groups excluding carboxylic acids is 1. The minimum atomic E-state index is -0.837. The Morgan fingerprint density at radius 2 is 1.79 bits per heavy atom. The van der Waals surface area contributed by atoms with Crippen molar-refractivity contribution in [3.05, 3.63) is 0 Å². The van der Waals surface area contributed by atoms with Gasteiger partial charge in [0.25, 0.3) is 0 Å². The number of likely N-dealkylation sites (tertiary alicyclic amines) is 2. The first-order chi connectivity index (χ1) is 8.97. The van der Waals surface area contributed by atoms with Crippen molar-refractivity contribution in [3.8, 4) is 0 Å². The smallest absolute Gasteiger partial charge is 0.320 e. The summed E-state index contributed by atoms with van der Waals surface area (Å²) in [4.78, 5) is 26.9. The van der Waals surface area contributed by atoms with Gasteiger partial charge in [0.05, 0.1) is 18.6 Å². The van der Waals surface area contributed by atoms with Crippen LogP contribution < -0.4 is 0 Å². The molecule has 2 heterocycles. The molecule has 6 heteroatoms. The number of aliphatic hydroxyl groups is 1. The van der Waals surface area contributed by atoms with Crippen LogP contribution in [0.2, 0.25) is 0 Å².